The Kier molecular flexibility index (Phi) is 13.5. The van der Waals surface area contributed by atoms with Crippen molar-refractivity contribution in [1.29, 1.82) is 0 Å². The van der Waals surface area contributed by atoms with E-state index >= 15 is 0 Å². The molecule has 0 spiro atoms. The number of carbonyl (C=O) groups excluding carboxylic acids is 2. The molecule has 326 valence electrons. The molecule has 0 fully saturated rings. The average molecular weight is 857 g/mol. The molecule has 0 bridgehead atoms. The molecule has 2 amide bonds. The zero-order valence-electron chi connectivity index (χ0n) is 38.1. The first-order valence-electron chi connectivity index (χ1n) is 21.5. The Labute approximate surface area is 366 Å². The van der Waals surface area contributed by atoms with Crippen LogP contribution in [-0.4, -0.2) is 24.8 Å². The van der Waals surface area contributed by atoms with Gasteiger partial charge < -0.3 is 20.4 Å². The summed E-state index contributed by atoms with van der Waals surface area (Å²) in [6.07, 6.45) is 3.53. The summed E-state index contributed by atoms with van der Waals surface area (Å²) in [7, 11) is -4.62. The normalized spacial score (nSPS) is 12.2. The number of fused-ring (bicyclic) bond motifs is 2. The number of carbonyl (C=O) groups is 2. The van der Waals surface area contributed by atoms with Crippen molar-refractivity contribution in [3.05, 3.63) is 111 Å². The summed E-state index contributed by atoms with van der Waals surface area (Å²) in [5.74, 6) is -0.0572. The lowest BCUT2D eigenvalue weighted by Crippen LogP contribution is -2.20. The van der Waals surface area contributed by atoms with Crippen molar-refractivity contribution in [2.24, 2.45) is 16.8 Å². The molecule has 11 heteroatoms. The average Bonchev–Trinajstić information content (AvgIpc) is 3.22. The predicted molar refractivity (Wildman–Crippen MR) is 253 cm³/mol. The van der Waals surface area contributed by atoms with Gasteiger partial charge in [-0.05, 0) is 129 Å². The van der Waals surface area contributed by atoms with E-state index in [1.54, 1.807) is 18.2 Å². The van der Waals surface area contributed by atoms with Gasteiger partial charge in [0.25, 0.3) is 10.1 Å². The highest BCUT2D eigenvalue weighted by Crippen LogP contribution is 2.44. The van der Waals surface area contributed by atoms with Crippen LogP contribution in [0.2, 0.25) is 0 Å². The van der Waals surface area contributed by atoms with Gasteiger partial charge in [-0.1, -0.05) is 72.6 Å². The van der Waals surface area contributed by atoms with Crippen LogP contribution < -0.4 is 21.3 Å². The molecule has 6 rings (SSSR count). The van der Waals surface area contributed by atoms with Crippen molar-refractivity contribution in [2.45, 2.75) is 114 Å². The molecule has 4 aromatic rings. The highest BCUT2D eigenvalue weighted by molar-refractivity contribution is 7.86. The summed E-state index contributed by atoms with van der Waals surface area (Å²) >= 11 is 0. The van der Waals surface area contributed by atoms with Gasteiger partial charge in [-0.2, -0.15) is 8.42 Å². The highest BCUT2D eigenvalue weighted by atomic mass is 32.2. The molecule has 10 nitrogen and oxygen atoms in total. The Morgan fingerprint density at radius 3 is 1.82 bits per heavy atom. The van der Waals surface area contributed by atoms with Crippen molar-refractivity contribution in [3.63, 3.8) is 0 Å². The third-order valence-electron chi connectivity index (χ3n) is 12.0. The van der Waals surface area contributed by atoms with Crippen LogP contribution in [0.1, 0.15) is 98.9 Å². The van der Waals surface area contributed by atoms with Gasteiger partial charge >= 0.3 is 0 Å². The lowest BCUT2D eigenvalue weighted by Gasteiger charge is -2.24. The SMILES string of the molecule is CCCc1c(C)c(/N=c2/ccc3c(-c4ccccc4S(=O)(=O)O)c4ccc(Nc5c(C)c(CCC)c(C)c(NC(=O)C(C)C)c5C)cc4oc-3c2)c(C)c(NC(=O)C(C)C)c1C. The topological polar surface area (TPSA) is 150 Å². The van der Waals surface area contributed by atoms with Crippen LogP contribution in [0, 0.1) is 53.4 Å². The number of rotatable bonds is 13. The van der Waals surface area contributed by atoms with Gasteiger partial charge in [-0.3, -0.25) is 14.1 Å². The molecule has 1 aliphatic heterocycles. The number of nitrogens with one attached hydrogen (secondary N) is 3. The summed E-state index contributed by atoms with van der Waals surface area (Å²) in [6, 6.07) is 17.7. The van der Waals surface area contributed by atoms with E-state index in [1.807, 2.05) is 77.9 Å². The first-order valence-corrected chi connectivity index (χ1v) is 23.0. The van der Waals surface area contributed by atoms with Crippen molar-refractivity contribution in [2.75, 3.05) is 16.0 Å². The van der Waals surface area contributed by atoms with E-state index in [0.29, 0.717) is 38.8 Å². The van der Waals surface area contributed by atoms with Crippen LogP contribution in [0.5, 0.6) is 0 Å². The smallest absolute Gasteiger partial charge is 0.295 e. The molecule has 4 N–H and O–H groups in total. The van der Waals surface area contributed by atoms with Crippen LogP contribution in [-0.2, 0) is 32.5 Å². The fourth-order valence-electron chi connectivity index (χ4n) is 8.53. The predicted octanol–water partition coefficient (Wildman–Crippen LogP) is 12.4. The second-order valence-electron chi connectivity index (χ2n) is 17.0. The van der Waals surface area contributed by atoms with Crippen molar-refractivity contribution in [3.8, 4) is 22.5 Å². The van der Waals surface area contributed by atoms with Crippen LogP contribution in [0.4, 0.5) is 28.4 Å². The van der Waals surface area contributed by atoms with Crippen LogP contribution >= 0.6 is 0 Å². The van der Waals surface area contributed by atoms with E-state index in [0.717, 1.165) is 93.1 Å². The number of amides is 2. The second-order valence-corrected chi connectivity index (χ2v) is 18.4. The quantitative estimate of drug-likeness (QED) is 0.0667. The minimum Gasteiger partial charge on any atom is -0.456 e. The molecule has 4 aromatic carbocycles. The Morgan fingerprint density at radius 2 is 1.24 bits per heavy atom. The third-order valence-corrected chi connectivity index (χ3v) is 12.9. The van der Waals surface area contributed by atoms with Gasteiger partial charge in [-0.15, -0.1) is 0 Å². The summed E-state index contributed by atoms with van der Waals surface area (Å²) in [5.41, 5.74) is 14.2. The van der Waals surface area contributed by atoms with E-state index in [2.05, 4.69) is 57.5 Å². The zero-order valence-corrected chi connectivity index (χ0v) is 38.9. The molecule has 1 heterocycles. The zero-order chi connectivity index (χ0) is 45.4. The van der Waals surface area contributed by atoms with Gasteiger partial charge in [0, 0.05) is 68.8 Å². The monoisotopic (exact) mass is 856 g/mol. The molecule has 1 aliphatic carbocycles. The van der Waals surface area contributed by atoms with Gasteiger partial charge in [0.1, 0.15) is 16.2 Å². The minimum absolute atomic E-state index is 0.0546. The van der Waals surface area contributed by atoms with E-state index < -0.39 is 10.1 Å². The maximum absolute atomic E-state index is 13.0. The number of hydrogen-bond acceptors (Lipinski definition) is 7. The maximum Gasteiger partial charge on any atom is 0.295 e. The first kappa shape index (κ1) is 45.7. The van der Waals surface area contributed by atoms with E-state index in [1.165, 1.54) is 11.6 Å². The molecule has 0 saturated carbocycles. The number of benzene rings is 5. The molecule has 0 aromatic heterocycles. The molecule has 0 radical (unpaired) electrons. The van der Waals surface area contributed by atoms with Gasteiger partial charge in [0.05, 0.1) is 11.0 Å². The third kappa shape index (κ3) is 8.92. The van der Waals surface area contributed by atoms with Crippen LogP contribution in [0.3, 0.4) is 0 Å². The molecule has 0 atom stereocenters. The second kappa shape index (κ2) is 18.3. The Bertz CT molecular complexity index is 2890. The molecule has 0 saturated heterocycles. The molecule has 62 heavy (non-hydrogen) atoms. The van der Waals surface area contributed by atoms with Crippen LogP contribution in [0.15, 0.2) is 75.0 Å². The lowest BCUT2D eigenvalue weighted by molar-refractivity contribution is -0.119. The fourth-order valence-corrected chi connectivity index (χ4v) is 9.23. The molecule has 2 aliphatic rings. The highest BCUT2D eigenvalue weighted by Gasteiger charge is 2.25. The first-order chi connectivity index (χ1) is 29.3. The molecular weight excluding hydrogens is 797 g/mol. The fraction of sp³-hybridized carbons (Fsp3) is 0.353. The Balaban J connectivity index is 1.61. The van der Waals surface area contributed by atoms with Crippen molar-refractivity contribution in [1.82, 2.24) is 0 Å². The van der Waals surface area contributed by atoms with Gasteiger partial charge in [-0.25, -0.2) is 4.99 Å². The minimum atomic E-state index is -4.62. The number of anilines is 4. The summed E-state index contributed by atoms with van der Waals surface area (Å²) in [6.45, 7) is 24.0. The number of nitrogens with zero attached hydrogens (tertiary/aromatic N) is 1. The summed E-state index contributed by atoms with van der Waals surface area (Å²) in [4.78, 5) is 31.0. The van der Waals surface area contributed by atoms with E-state index in [-0.39, 0.29) is 28.5 Å². The van der Waals surface area contributed by atoms with E-state index in [9.17, 15) is 22.6 Å². The largest absolute Gasteiger partial charge is 0.456 e. The van der Waals surface area contributed by atoms with E-state index in [4.69, 9.17) is 9.41 Å². The Hall–Kier alpha value is -5.78. The van der Waals surface area contributed by atoms with Crippen LogP contribution in [0.25, 0.3) is 33.4 Å². The molecular formula is C51H60N4O6S. The molecule has 0 unspecified atom stereocenters. The summed E-state index contributed by atoms with van der Waals surface area (Å²) in [5, 5.41) is 11.2. The standard InChI is InChI=1S/C51H60N4O6S/c1-13-17-37-29(7)46(33(11)48(31(37)9)54-50(56)27(3)4)52-35-21-23-39-42(25-35)61-43-26-36(22-24-40(43)45(39)41-19-15-16-20-44(41)62(58,59)60)53-47-30(8)38(18-14-2)32(10)49(34(47)12)55-51(57)28(5)6/h15-16,19-28,52H,13-14,17-18H2,1-12H3,(H,54,56)(H,55,57)(H,58,59,60)/b53-36-. The van der Waals surface area contributed by atoms with Crippen molar-refractivity contribution >= 4 is 61.3 Å². The number of hydrogen-bond donors (Lipinski definition) is 4. The maximum atomic E-state index is 13.0. The van der Waals surface area contributed by atoms with Crippen molar-refractivity contribution < 1.29 is 27.0 Å². The van der Waals surface area contributed by atoms with Gasteiger partial charge in [0.2, 0.25) is 11.8 Å². The lowest BCUT2D eigenvalue weighted by atomic mass is 9.91. The summed E-state index contributed by atoms with van der Waals surface area (Å²) < 4.78 is 42.9. The van der Waals surface area contributed by atoms with Gasteiger partial charge in [0.15, 0.2) is 0 Å². The Morgan fingerprint density at radius 1 is 0.677 bits per heavy atom.